The monoisotopic (exact) mass is 324 g/mol. The van der Waals surface area contributed by atoms with Crippen LogP contribution in [0.5, 0.6) is 0 Å². The number of amides is 1. The Morgan fingerprint density at radius 3 is 3.05 bits per heavy atom. The highest BCUT2D eigenvalue weighted by atomic mass is 79.9. The average Bonchev–Trinajstić information content (AvgIpc) is 2.38. The molecular weight excluding hydrogens is 304 g/mol. The lowest BCUT2D eigenvalue weighted by molar-refractivity contribution is -0.132. The molecule has 0 radical (unpaired) electrons. The zero-order valence-electron chi connectivity index (χ0n) is 11.1. The van der Waals surface area contributed by atoms with E-state index in [0.717, 1.165) is 43.2 Å². The Bertz CT molecular complexity index is 436. The van der Waals surface area contributed by atoms with Crippen LogP contribution in [0.2, 0.25) is 0 Å². The first-order valence-corrected chi connectivity index (χ1v) is 7.72. The zero-order chi connectivity index (χ0) is 13.7. The number of aryl methyl sites for hydroxylation is 1. The van der Waals surface area contributed by atoms with E-state index in [0.29, 0.717) is 6.42 Å². The van der Waals surface area contributed by atoms with Crippen LogP contribution in [0.1, 0.15) is 31.2 Å². The smallest absolute Gasteiger partial charge is 0.222 e. The van der Waals surface area contributed by atoms with Crippen LogP contribution in [-0.4, -0.2) is 29.9 Å². The standard InChI is InChI=1S/C15H21BrN2O/c16-13-6-1-4-12(10-13)5-2-8-15(19)18-9-3-7-14(17)11-18/h1,4,6,10,14H,2-3,5,7-9,11,17H2. The van der Waals surface area contributed by atoms with Gasteiger partial charge in [0.2, 0.25) is 5.91 Å². The second-order valence-electron chi connectivity index (χ2n) is 5.23. The molecule has 1 heterocycles. The van der Waals surface area contributed by atoms with E-state index >= 15 is 0 Å². The number of piperidine rings is 1. The molecule has 2 N–H and O–H groups in total. The first-order valence-electron chi connectivity index (χ1n) is 6.93. The van der Waals surface area contributed by atoms with Crippen molar-refractivity contribution < 1.29 is 4.79 Å². The molecule has 1 aromatic rings. The molecule has 1 fully saturated rings. The summed E-state index contributed by atoms with van der Waals surface area (Å²) < 4.78 is 1.10. The molecule has 4 heteroatoms. The third kappa shape index (κ3) is 4.62. The molecule has 2 rings (SSSR count). The minimum absolute atomic E-state index is 0.169. The highest BCUT2D eigenvalue weighted by molar-refractivity contribution is 9.10. The van der Waals surface area contributed by atoms with Crippen LogP contribution < -0.4 is 5.73 Å². The lowest BCUT2D eigenvalue weighted by Gasteiger charge is -2.30. The number of hydrogen-bond acceptors (Lipinski definition) is 2. The maximum atomic E-state index is 12.1. The Morgan fingerprint density at radius 1 is 1.47 bits per heavy atom. The van der Waals surface area contributed by atoms with Gasteiger partial charge < -0.3 is 10.6 Å². The van der Waals surface area contributed by atoms with Gasteiger partial charge in [-0.15, -0.1) is 0 Å². The number of nitrogens with two attached hydrogens (primary N) is 1. The van der Waals surface area contributed by atoms with Gasteiger partial charge in [-0.2, -0.15) is 0 Å². The van der Waals surface area contributed by atoms with E-state index in [-0.39, 0.29) is 11.9 Å². The fraction of sp³-hybridized carbons (Fsp3) is 0.533. The Morgan fingerprint density at radius 2 is 2.32 bits per heavy atom. The van der Waals surface area contributed by atoms with Crippen molar-refractivity contribution in [1.29, 1.82) is 0 Å². The first kappa shape index (κ1) is 14.5. The molecule has 19 heavy (non-hydrogen) atoms. The van der Waals surface area contributed by atoms with Gasteiger partial charge in [-0.3, -0.25) is 4.79 Å². The van der Waals surface area contributed by atoms with E-state index < -0.39 is 0 Å². The quantitative estimate of drug-likeness (QED) is 0.925. The molecule has 104 valence electrons. The fourth-order valence-electron chi connectivity index (χ4n) is 2.53. The summed E-state index contributed by atoms with van der Waals surface area (Å²) in [6, 6.07) is 8.44. The highest BCUT2D eigenvalue weighted by Crippen LogP contribution is 2.15. The van der Waals surface area contributed by atoms with E-state index in [1.165, 1.54) is 5.56 Å². The van der Waals surface area contributed by atoms with Crippen LogP contribution in [0.25, 0.3) is 0 Å². The molecule has 0 saturated carbocycles. The highest BCUT2D eigenvalue weighted by Gasteiger charge is 2.20. The van der Waals surface area contributed by atoms with Gasteiger partial charge in [0.25, 0.3) is 0 Å². The lowest BCUT2D eigenvalue weighted by Crippen LogP contribution is -2.45. The molecule has 1 saturated heterocycles. The van der Waals surface area contributed by atoms with Crippen LogP contribution in [-0.2, 0) is 11.2 Å². The normalized spacial score (nSPS) is 19.5. The van der Waals surface area contributed by atoms with E-state index in [9.17, 15) is 4.79 Å². The molecular formula is C15H21BrN2O. The Kier molecular flexibility index (Phi) is 5.40. The summed E-state index contributed by atoms with van der Waals surface area (Å²) in [7, 11) is 0. The van der Waals surface area contributed by atoms with Crippen molar-refractivity contribution in [3.05, 3.63) is 34.3 Å². The van der Waals surface area contributed by atoms with Gasteiger partial charge in [0.15, 0.2) is 0 Å². The number of carbonyl (C=O) groups is 1. The topological polar surface area (TPSA) is 46.3 Å². The Balaban J connectivity index is 1.74. The SMILES string of the molecule is NC1CCCN(C(=O)CCCc2cccc(Br)c2)C1. The fourth-order valence-corrected chi connectivity index (χ4v) is 2.98. The molecule has 3 nitrogen and oxygen atoms in total. The average molecular weight is 325 g/mol. The zero-order valence-corrected chi connectivity index (χ0v) is 12.7. The first-order chi connectivity index (χ1) is 9.15. The van der Waals surface area contributed by atoms with Gasteiger partial charge in [0, 0.05) is 30.0 Å². The molecule has 1 amide bonds. The third-order valence-electron chi connectivity index (χ3n) is 3.56. The second-order valence-corrected chi connectivity index (χ2v) is 6.14. The largest absolute Gasteiger partial charge is 0.341 e. The molecule has 1 unspecified atom stereocenters. The number of likely N-dealkylation sites (tertiary alicyclic amines) is 1. The van der Waals surface area contributed by atoms with Crippen LogP contribution >= 0.6 is 15.9 Å². The number of halogens is 1. The number of carbonyl (C=O) groups excluding carboxylic acids is 1. The number of nitrogens with zero attached hydrogens (tertiary/aromatic N) is 1. The van der Waals surface area contributed by atoms with Gasteiger partial charge in [0.1, 0.15) is 0 Å². The van der Waals surface area contributed by atoms with Crippen molar-refractivity contribution in [3.8, 4) is 0 Å². The summed E-state index contributed by atoms with van der Waals surface area (Å²) >= 11 is 3.46. The minimum atomic E-state index is 0.169. The predicted octanol–water partition coefficient (Wildman–Crippen LogP) is 2.72. The van der Waals surface area contributed by atoms with Crippen molar-refractivity contribution in [2.75, 3.05) is 13.1 Å². The maximum Gasteiger partial charge on any atom is 0.222 e. The molecule has 1 aliphatic heterocycles. The minimum Gasteiger partial charge on any atom is -0.341 e. The Labute approximate surface area is 123 Å². The van der Waals surface area contributed by atoms with Gasteiger partial charge in [-0.05, 0) is 43.4 Å². The molecule has 0 aromatic heterocycles. The van der Waals surface area contributed by atoms with Gasteiger partial charge in [0.05, 0.1) is 0 Å². The molecule has 0 spiro atoms. The van der Waals surface area contributed by atoms with Gasteiger partial charge >= 0.3 is 0 Å². The predicted molar refractivity (Wildman–Crippen MR) is 80.9 cm³/mol. The van der Waals surface area contributed by atoms with Crippen LogP contribution in [0.4, 0.5) is 0 Å². The van der Waals surface area contributed by atoms with Crippen molar-refractivity contribution in [3.63, 3.8) is 0 Å². The van der Waals surface area contributed by atoms with Crippen LogP contribution in [0.3, 0.4) is 0 Å². The Hall–Kier alpha value is -0.870. The van der Waals surface area contributed by atoms with Crippen molar-refractivity contribution in [2.45, 2.75) is 38.1 Å². The second kappa shape index (κ2) is 7.06. The summed E-state index contributed by atoms with van der Waals surface area (Å²) in [5, 5.41) is 0. The van der Waals surface area contributed by atoms with E-state index in [4.69, 9.17) is 5.73 Å². The number of benzene rings is 1. The van der Waals surface area contributed by atoms with Crippen molar-refractivity contribution in [1.82, 2.24) is 4.90 Å². The van der Waals surface area contributed by atoms with Crippen LogP contribution in [0, 0.1) is 0 Å². The summed E-state index contributed by atoms with van der Waals surface area (Å²) in [6.45, 7) is 1.61. The van der Waals surface area contributed by atoms with Crippen LogP contribution in [0.15, 0.2) is 28.7 Å². The molecule has 0 aliphatic carbocycles. The summed E-state index contributed by atoms with van der Waals surface area (Å²) in [5.74, 6) is 0.255. The number of rotatable bonds is 4. The third-order valence-corrected chi connectivity index (χ3v) is 4.05. The summed E-state index contributed by atoms with van der Waals surface area (Å²) in [5.41, 5.74) is 7.18. The van der Waals surface area contributed by atoms with E-state index in [1.54, 1.807) is 0 Å². The number of hydrogen-bond donors (Lipinski definition) is 1. The van der Waals surface area contributed by atoms with E-state index in [1.807, 2.05) is 17.0 Å². The molecule has 0 bridgehead atoms. The molecule has 1 aromatic carbocycles. The lowest BCUT2D eigenvalue weighted by atomic mass is 10.0. The van der Waals surface area contributed by atoms with Gasteiger partial charge in [-0.25, -0.2) is 0 Å². The molecule has 1 aliphatic rings. The molecule has 1 atom stereocenters. The maximum absolute atomic E-state index is 12.1. The van der Waals surface area contributed by atoms with Gasteiger partial charge in [-0.1, -0.05) is 28.1 Å². The van der Waals surface area contributed by atoms with E-state index in [2.05, 4.69) is 28.1 Å². The van der Waals surface area contributed by atoms with Crippen molar-refractivity contribution >= 4 is 21.8 Å². The van der Waals surface area contributed by atoms with Crippen molar-refractivity contribution in [2.24, 2.45) is 5.73 Å². The summed E-state index contributed by atoms with van der Waals surface area (Å²) in [6.07, 6.45) is 4.56. The summed E-state index contributed by atoms with van der Waals surface area (Å²) in [4.78, 5) is 14.0.